The predicted molar refractivity (Wildman–Crippen MR) is 137 cm³/mol. The number of ketones is 1. The van der Waals surface area contributed by atoms with Gasteiger partial charge in [-0.2, -0.15) is 0 Å². The van der Waals surface area contributed by atoms with Gasteiger partial charge in [-0.1, -0.05) is 73.2 Å². The normalized spacial score (nSPS) is 12.9. The van der Waals surface area contributed by atoms with Crippen LogP contribution in [0.2, 0.25) is 0 Å². The van der Waals surface area contributed by atoms with E-state index in [0.29, 0.717) is 24.2 Å². The molecule has 0 unspecified atom stereocenters. The SMILES string of the molecule is CCNC(=O)c1ccc2c(C(=O)[C@H](NC[C@@H](C)c3ccc(C)cc3)c3ccccc3)c[nH]c2c1. The second-order valence-corrected chi connectivity index (χ2v) is 8.75. The number of carbonyl (C=O) groups excluding carboxylic acids is 2. The maximum absolute atomic E-state index is 13.8. The summed E-state index contributed by atoms with van der Waals surface area (Å²) in [6, 6.07) is 23.3. The molecule has 4 aromatic rings. The molecule has 174 valence electrons. The molecule has 1 heterocycles. The first-order valence-corrected chi connectivity index (χ1v) is 11.8. The molecule has 1 amide bonds. The highest BCUT2D eigenvalue weighted by Gasteiger charge is 2.25. The second-order valence-electron chi connectivity index (χ2n) is 8.75. The number of Topliss-reactive ketones (excluding diaryl/α,β-unsaturated/α-hetero) is 1. The first-order chi connectivity index (χ1) is 16.5. The van der Waals surface area contributed by atoms with Gasteiger partial charge in [0.2, 0.25) is 0 Å². The summed E-state index contributed by atoms with van der Waals surface area (Å²) in [6.45, 7) is 7.36. The quantitative estimate of drug-likeness (QED) is 0.291. The Labute approximate surface area is 200 Å². The van der Waals surface area contributed by atoms with Crippen LogP contribution < -0.4 is 10.6 Å². The lowest BCUT2D eigenvalue weighted by atomic mass is 9.95. The van der Waals surface area contributed by atoms with Crippen LogP contribution in [-0.4, -0.2) is 29.8 Å². The lowest BCUT2D eigenvalue weighted by Gasteiger charge is -2.21. The van der Waals surface area contributed by atoms with Crippen molar-refractivity contribution in [3.8, 4) is 0 Å². The van der Waals surface area contributed by atoms with Crippen LogP contribution in [-0.2, 0) is 0 Å². The zero-order valence-corrected chi connectivity index (χ0v) is 19.9. The number of carbonyl (C=O) groups is 2. The average molecular weight is 454 g/mol. The second kappa shape index (κ2) is 10.5. The molecule has 1 aromatic heterocycles. The van der Waals surface area contributed by atoms with Crippen LogP contribution in [0.5, 0.6) is 0 Å². The Hall–Kier alpha value is -3.70. The van der Waals surface area contributed by atoms with Crippen molar-refractivity contribution in [1.29, 1.82) is 0 Å². The number of aromatic nitrogens is 1. The van der Waals surface area contributed by atoms with Gasteiger partial charge in [-0.3, -0.25) is 9.59 Å². The van der Waals surface area contributed by atoms with E-state index in [1.54, 1.807) is 18.3 Å². The Kier molecular flexibility index (Phi) is 7.24. The minimum atomic E-state index is -0.476. The first kappa shape index (κ1) is 23.5. The molecule has 0 saturated carbocycles. The van der Waals surface area contributed by atoms with Crippen molar-refractivity contribution < 1.29 is 9.59 Å². The number of aryl methyl sites for hydroxylation is 1. The molecule has 0 saturated heterocycles. The summed E-state index contributed by atoms with van der Waals surface area (Å²) in [4.78, 5) is 29.2. The summed E-state index contributed by atoms with van der Waals surface area (Å²) in [5.74, 6) is 0.127. The average Bonchev–Trinajstić information content (AvgIpc) is 3.28. The number of hydrogen-bond donors (Lipinski definition) is 3. The Morgan fingerprint density at radius 3 is 2.38 bits per heavy atom. The number of benzene rings is 3. The molecular formula is C29H31N3O2. The Morgan fingerprint density at radius 1 is 0.941 bits per heavy atom. The van der Waals surface area contributed by atoms with E-state index in [9.17, 15) is 9.59 Å². The van der Waals surface area contributed by atoms with Gasteiger partial charge in [-0.05, 0) is 43.0 Å². The van der Waals surface area contributed by atoms with Gasteiger partial charge < -0.3 is 15.6 Å². The van der Waals surface area contributed by atoms with Crippen LogP contribution in [0.15, 0.2) is 79.0 Å². The van der Waals surface area contributed by atoms with E-state index in [1.807, 2.05) is 43.3 Å². The lowest BCUT2D eigenvalue weighted by Crippen LogP contribution is -2.31. The van der Waals surface area contributed by atoms with Crippen LogP contribution in [0.25, 0.3) is 10.9 Å². The molecule has 0 spiro atoms. The third kappa shape index (κ3) is 5.10. The van der Waals surface area contributed by atoms with Gasteiger partial charge in [-0.15, -0.1) is 0 Å². The molecule has 0 aliphatic carbocycles. The topological polar surface area (TPSA) is 74.0 Å². The Balaban J connectivity index is 1.60. The van der Waals surface area contributed by atoms with Crippen molar-refractivity contribution in [3.05, 3.63) is 107 Å². The molecule has 2 atom stereocenters. The number of rotatable bonds is 9. The molecule has 34 heavy (non-hydrogen) atoms. The summed E-state index contributed by atoms with van der Waals surface area (Å²) in [6.07, 6.45) is 1.75. The number of amides is 1. The van der Waals surface area contributed by atoms with Gasteiger partial charge in [0.25, 0.3) is 5.91 Å². The zero-order valence-electron chi connectivity index (χ0n) is 19.9. The van der Waals surface area contributed by atoms with E-state index in [2.05, 4.69) is 53.7 Å². The lowest BCUT2D eigenvalue weighted by molar-refractivity contribution is 0.0940. The summed E-state index contributed by atoms with van der Waals surface area (Å²) in [5.41, 5.74) is 5.35. The first-order valence-electron chi connectivity index (χ1n) is 11.8. The van der Waals surface area contributed by atoms with E-state index in [1.165, 1.54) is 11.1 Å². The largest absolute Gasteiger partial charge is 0.360 e. The Bertz CT molecular complexity index is 1280. The maximum atomic E-state index is 13.8. The zero-order chi connectivity index (χ0) is 24.1. The third-order valence-corrected chi connectivity index (χ3v) is 6.22. The molecule has 5 nitrogen and oxygen atoms in total. The summed E-state index contributed by atoms with van der Waals surface area (Å²) < 4.78 is 0. The number of H-pyrrole nitrogens is 1. The molecule has 3 N–H and O–H groups in total. The monoisotopic (exact) mass is 453 g/mol. The van der Waals surface area contributed by atoms with E-state index in [-0.39, 0.29) is 17.6 Å². The summed E-state index contributed by atoms with van der Waals surface area (Å²) in [5, 5.41) is 7.14. The molecule has 0 radical (unpaired) electrons. The van der Waals surface area contributed by atoms with Crippen molar-refractivity contribution in [2.24, 2.45) is 0 Å². The molecule has 0 fully saturated rings. The standard InChI is InChI=1S/C29H31N3O2/c1-4-30-29(34)23-14-15-24-25(18-31-26(24)16-23)28(33)27(22-8-6-5-7-9-22)32-17-20(3)21-12-10-19(2)11-13-21/h5-16,18,20,27,31-32H,4,17H2,1-3H3,(H,30,34)/t20-,27-/m1/s1. The van der Waals surface area contributed by atoms with Gasteiger partial charge in [0.05, 0.1) is 6.04 Å². The van der Waals surface area contributed by atoms with Crippen LogP contribution in [0.3, 0.4) is 0 Å². The van der Waals surface area contributed by atoms with Crippen molar-refractivity contribution in [3.63, 3.8) is 0 Å². The molecule has 3 aromatic carbocycles. The fourth-order valence-electron chi connectivity index (χ4n) is 4.20. The molecule has 4 rings (SSSR count). The van der Waals surface area contributed by atoms with Gasteiger partial charge in [0.1, 0.15) is 0 Å². The van der Waals surface area contributed by atoms with Gasteiger partial charge >= 0.3 is 0 Å². The number of nitrogens with one attached hydrogen (secondary N) is 3. The van der Waals surface area contributed by atoms with Crippen molar-refractivity contribution in [2.45, 2.75) is 32.7 Å². The number of aromatic amines is 1. The molecular weight excluding hydrogens is 422 g/mol. The Morgan fingerprint density at radius 2 is 1.68 bits per heavy atom. The predicted octanol–water partition coefficient (Wildman–Crippen LogP) is 5.54. The molecule has 0 aliphatic heterocycles. The van der Waals surface area contributed by atoms with Crippen LogP contribution in [0.4, 0.5) is 0 Å². The van der Waals surface area contributed by atoms with Crippen molar-refractivity contribution in [2.75, 3.05) is 13.1 Å². The molecule has 0 bridgehead atoms. The van der Waals surface area contributed by atoms with Gasteiger partial charge in [0.15, 0.2) is 5.78 Å². The summed E-state index contributed by atoms with van der Waals surface area (Å²) >= 11 is 0. The van der Waals surface area contributed by atoms with Crippen molar-refractivity contribution in [1.82, 2.24) is 15.6 Å². The fraction of sp³-hybridized carbons (Fsp3) is 0.241. The number of hydrogen-bond acceptors (Lipinski definition) is 3. The van der Waals surface area contributed by atoms with E-state index in [0.717, 1.165) is 16.5 Å². The highest BCUT2D eigenvalue weighted by Crippen LogP contribution is 2.26. The smallest absolute Gasteiger partial charge is 0.251 e. The summed E-state index contributed by atoms with van der Waals surface area (Å²) in [7, 11) is 0. The maximum Gasteiger partial charge on any atom is 0.251 e. The van der Waals surface area contributed by atoms with Crippen LogP contribution in [0.1, 0.15) is 63.2 Å². The van der Waals surface area contributed by atoms with E-state index in [4.69, 9.17) is 0 Å². The van der Waals surface area contributed by atoms with E-state index < -0.39 is 6.04 Å². The number of fused-ring (bicyclic) bond motifs is 1. The van der Waals surface area contributed by atoms with Gasteiger partial charge in [-0.25, -0.2) is 0 Å². The highest BCUT2D eigenvalue weighted by molar-refractivity contribution is 6.11. The van der Waals surface area contributed by atoms with Crippen molar-refractivity contribution >= 4 is 22.6 Å². The highest BCUT2D eigenvalue weighted by atomic mass is 16.1. The minimum Gasteiger partial charge on any atom is -0.360 e. The minimum absolute atomic E-state index is 0.000633. The molecule has 5 heteroatoms. The van der Waals surface area contributed by atoms with Gasteiger partial charge in [0, 0.05) is 41.3 Å². The third-order valence-electron chi connectivity index (χ3n) is 6.22. The molecule has 0 aliphatic rings. The van der Waals surface area contributed by atoms with Crippen LogP contribution in [0, 0.1) is 6.92 Å². The fourth-order valence-corrected chi connectivity index (χ4v) is 4.20. The van der Waals surface area contributed by atoms with E-state index >= 15 is 0 Å². The van der Waals surface area contributed by atoms with Crippen LogP contribution >= 0.6 is 0 Å².